The van der Waals surface area contributed by atoms with Gasteiger partial charge in [-0.15, -0.1) is 0 Å². The molecule has 25 heavy (non-hydrogen) atoms. The summed E-state index contributed by atoms with van der Waals surface area (Å²) in [4.78, 5) is 31.0. The molecule has 2 fully saturated rings. The molecule has 2 saturated heterocycles. The van der Waals surface area contributed by atoms with Crippen molar-refractivity contribution in [2.75, 3.05) is 45.8 Å². The molecule has 0 saturated carbocycles. The highest BCUT2D eigenvalue weighted by atomic mass is 16.2. The van der Waals surface area contributed by atoms with Crippen LogP contribution in [-0.4, -0.2) is 72.3 Å². The third kappa shape index (κ3) is 5.05. The Morgan fingerprint density at radius 1 is 0.920 bits per heavy atom. The van der Waals surface area contributed by atoms with Gasteiger partial charge in [0.15, 0.2) is 0 Å². The number of carbonyl (C=O) groups is 2. The topological polar surface area (TPSA) is 43.9 Å². The molecule has 3 rings (SSSR count). The fourth-order valence-corrected chi connectivity index (χ4v) is 3.73. The molecule has 2 heterocycles. The molecular formula is C20H29N3O2. The van der Waals surface area contributed by atoms with Crippen molar-refractivity contribution in [3.8, 4) is 0 Å². The Kier molecular flexibility index (Phi) is 6.08. The van der Waals surface area contributed by atoms with Crippen molar-refractivity contribution < 1.29 is 9.59 Å². The first-order chi connectivity index (χ1) is 12.1. The first-order valence-electron chi connectivity index (χ1n) is 9.45. The van der Waals surface area contributed by atoms with E-state index in [0.717, 1.165) is 25.2 Å². The highest BCUT2D eigenvalue weighted by Crippen LogP contribution is 2.11. The van der Waals surface area contributed by atoms with Crippen LogP contribution < -0.4 is 0 Å². The zero-order valence-corrected chi connectivity index (χ0v) is 15.2. The van der Waals surface area contributed by atoms with Crippen LogP contribution in [0.5, 0.6) is 0 Å². The molecule has 1 aromatic carbocycles. The quantitative estimate of drug-likeness (QED) is 0.817. The van der Waals surface area contributed by atoms with Crippen LogP contribution in [0.3, 0.4) is 0 Å². The van der Waals surface area contributed by atoms with E-state index in [1.54, 1.807) is 0 Å². The molecule has 0 atom stereocenters. The van der Waals surface area contributed by atoms with Crippen LogP contribution in [0.25, 0.3) is 0 Å². The molecular weight excluding hydrogens is 314 g/mol. The van der Waals surface area contributed by atoms with Crippen LogP contribution >= 0.6 is 0 Å². The number of benzene rings is 1. The Morgan fingerprint density at radius 2 is 1.56 bits per heavy atom. The van der Waals surface area contributed by atoms with Crippen molar-refractivity contribution in [3.05, 3.63) is 35.4 Å². The molecule has 136 valence electrons. The smallest absolute Gasteiger partial charge is 0.227 e. The summed E-state index contributed by atoms with van der Waals surface area (Å²) in [6.07, 6.45) is 3.58. The average Bonchev–Trinajstić information content (AvgIpc) is 3.13. The Bertz CT molecular complexity index is 603. The fourth-order valence-electron chi connectivity index (χ4n) is 3.73. The van der Waals surface area contributed by atoms with E-state index in [2.05, 4.69) is 11.0 Å². The maximum atomic E-state index is 12.5. The Labute approximate surface area is 150 Å². The number of carbonyl (C=O) groups excluding carboxylic acids is 2. The number of hydrogen-bond acceptors (Lipinski definition) is 3. The summed E-state index contributed by atoms with van der Waals surface area (Å²) in [5.41, 5.74) is 2.24. The lowest BCUT2D eigenvalue weighted by Crippen LogP contribution is -2.51. The molecule has 0 unspecified atom stereocenters. The number of nitrogens with zero attached hydrogens (tertiary/aromatic N) is 3. The van der Waals surface area contributed by atoms with Gasteiger partial charge in [0.25, 0.3) is 0 Å². The molecule has 2 amide bonds. The van der Waals surface area contributed by atoms with E-state index >= 15 is 0 Å². The summed E-state index contributed by atoms with van der Waals surface area (Å²) in [6.45, 7) is 7.83. The molecule has 2 aliphatic heterocycles. The van der Waals surface area contributed by atoms with Crippen LogP contribution in [0.15, 0.2) is 24.3 Å². The van der Waals surface area contributed by atoms with Gasteiger partial charge in [-0.1, -0.05) is 29.8 Å². The van der Waals surface area contributed by atoms with E-state index in [1.807, 2.05) is 34.9 Å². The van der Waals surface area contributed by atoms with Gasteiger partial charge in [-0.3, -0.25) is 9.59 Å². The third-order valence-corrected chi connectivity index (χ3v) is 5.26. The van der Waals surface area contributed by atoms with E-state index < -0.39 is 0 Å². The van der Waals surface area contributed by atoms with Gasteiger partial charge >= 0.3 is 0 Å². The van der Waals surface area contributed by atoms with Crippen LogP contribution in [0.4, 0.5) is 0 Å². The molecule has 0 bridgehead atoms. The van der Waals surface area contributed by atoms with Crippen molar-refractivity contribution in [1.82, 2.24) is 14.7 Å². The number of aryl methyl sites for hydroxylation is 1. The maximum absolute atomic E-state index is 12.5. The van der Waals surface area contributed by atoms with Gasteiger partial charge in [0.1, 0.15) is 0 Å². The normalized spacial score (nSPS) is 18.6. The van der Waals surface area contributed by atoms with Crippen LogP contribution in [0, 0.1) is 6.92 Å². The van der Waals surface area contributed by atoms with Gasteiger partial charge in [-0.2, -0.15) is 0 Å². The summed E-state index contributed by atoms with van der Waals surface area (Å²) in [5, 5.41) is 0. The summed E-state index contributed by atoms with van der Waals surface area (Å²) >= 11 is 0. The van der Waals surface area contributed by atoms with Gasteiger partial charge < -0.3 is 14.7 Å². The van der Waals surface area contributed by atoms with Crippen LogP contribution in [0.2, 0.25) is 0 Å². The van der Waals surface area contributed by atoms with E-state index in [1.165, 1.54) is 18.4 Å². The molecule has 5 nitrogen and oxygen atoms in total. The minimum absolute atomic E-state index is 0.162. The average molecular weight is 343 g/mol. The second-order valence-corrected chi connectivity index (χ2v) is 7.23. The minimum atomic E-state index is 0.162. The van der Waals surface area contributed by atoms with Gasteiger partial charge in [-0.25, -0.2) is 0 Å². The standard InChI is InChI=1S/C20H29N3O2/c1-17-5-4-6-18(15-17)16-20(25)23-13-11-22(12-14-23)19(24)7-10-21-8-2-3-9-21/h4-6,15H,2-3,7-14,16H2,1H3. The summed E-state index contributed by atoms with van der Waals surface area (Å²) in [5.74, 6) is 0.396. The molecule has 5 heteroatoms. The lowest BCUT2D eigenvalue weighted by molar-refractivity contribution is -0.139. The number of piperazine rings is 1. The Morgan fingerprint density at radius 3 is 2.20 bits per heavy atom. The van der Waals surface area contributed by atoms with Crippen LogP contribution in [0.1, 0.15) is 30.4 Å². The lowest BCUT2D eigenvalue weighted by Gasteiger charge is -2.35. The van der Waals surface area contributed by atoms with Crippen molar-refractivity contribution in [2.24, 2.45) is 0 Å². The van der Waals surface area contributed by atoms with E-state index in [-0.39, 0.29) is 11.8 Å². The maximum Gasteiger partial charge on any atom is 0.227 e. The van der Waals surface area contributed by atoms with E-state index in [4.69, 9.17) is 0 Å². The van der Waals surface area contributed by atoms with Gasteiger partial charge in [0.05, 0.1) is 6.42 Å². The minimum Gasteiger partial charge on any atom is -0.339 e. The second-order valence-electron chi connectivity index (χ2n) is 7.23. The Balaban J connectivity index is 1.41. The molecule has 0 radical (unpaired) electrons. The predicted octanol–water partition coefficient (Wildman–Crippen LogP) is 1.69. The molecule has 0 N–H and O–H groups in total. The SMILES string of the molecule is Cc1cccc(CC(=O)N2CCN(C(=O)CCN3CCCC3)CC2)c1. The highest BCUT2D eigenvalue weighted by Gasteiger charge is 2.24. The second kappa shape index (κ2) is 8.48. The first kappa shape index (κ1) is 17.9. The molecule has 2 aliphatic rings. The monoisotopic (exact) mass is 343 g/mol. The van der Waals surface area contributed by atoms with Crippen molar-refractivity contribution in [3.63, 3.8) is 0 Å². The van der Waals surface area contributed by atoms with Gasteiger partial charge in [0, 0.05) is 39.1 Å². The van der Waals surface area contributed by atoms with Crippen molar-refractivity contribution in [2.45, 2.75) is 32.6 Å². The number of amides is 2. The fraction of sp³-hybridized carbons (Fsp3) is 0.600. The zero-order valence-electron chi connectivity index (χ0n) is 15.2. The third-order valence-electron chi connectivity index (χ3n) is 5.26. The van der Waals surface area contributed by atoms with E-state index in [0.29, 0.717) is 39.0 Å². The number of likely N-dealkylation sites (tertiary alicyclic amines) is 1. The van der Waals surface area contributed by atoms with Crippen LogP contribution in [-0.2, 0) is 16.0 Å². The summed E-state index contributed by atoms with van der Waals surface area (Å²) in [7, 11) is 0. The molecule has 1 aromatic rings. The van der Waals surface area contributed by atoms with Gasteiger partial charge in [0.2, 0.25) is 11.8 Å². The van der Waals surface area contributed by atoms with Gasteiger partial charge in [-0.05, 0) is 38.4 Å². The first-order valence-corrected chi connectivity index (χ1v) is 9.45. The zero-order chi connectivity index (χ0) is 17.6. The molecule has 0 aromatic heterocycles. The van der Waals surface area contributed by atoms with Crippen molar-refractivity contribution >= 4 is 11.8 Å². The highest BCUT2D eigenvalue weighted by molar-refractivity contribution is 5.80. The summed E-state index contributed by atoms with van der Waals surface area (Å²) < 4.78 is 0. The predicted molar refractivity (Wildman–Crippen MR) is 98.3 cm³/mol. The summed E-state index contributed by atoms with van der Waals surface area (Å²) in [6, 6.07) is 8.11. The molecule has 0 spiro atoms. The molecule has 0 aliphatic carbocycles. The lowest BCUT2D eigenvalue weighted by atomic mass is 10.1. The largest absolute Gasteiger partial charge is 0.339 e. The Hall–Kier alpha value is -1.88. The number of hydrogen-bond donors (Lipinski definition) is 0. The van der Waals surface area contributed by atoms with E-state index in [9.17, 15) is 9.59 Å². The number of rotatable bonds is 5. The van der Waals surface area contributed by atoms with Crippen molar-refractivity contribution in [1.29, 1.82) is 0 Å².